The van der Waals surface area contributed by atoms with Gasteiger partial charge in [0.25, 0.3) is 17.5 Å². The Hall–Kier alpha value is -4.97. The molecule has 9 heteroatoms. The highest BCUT2D eigenvalue weighted by Crippen LogP contribution is 2.35. The standard InChI is InChI=1S/C27H21N3O6/c1-17-22(26(31)29(27(32)23(17)16-28)13-12-18-6-4-3-5-7-18)14-20-9-11-25(36-20)21-10-8-19(35-2)15-24(21)30(33)34/h3-11,14-15H,12-13H2,1-2H3/b22-14+. The van der Waals surface area contributed by atoms with Crippen molar-refractivity contribution >= 4 is 23.6 Å². The summed E-state index contributed by atoms with van der Waals surface area (Å²) in [6, 6.07) is 18.8. The number of rotatable bonds is 7. The summed E-state index contributed by atoms with van der Waals surface area (Å²) in [6.07, 6.45) is 1.88. The van der Waals surface area contributed by atoms with Crippen molar-refractivity contribution in [3.8, 4) is 23.1 Å². The minimum atomic E-state index is -0.637. The van der Waals surface area contributed by atoms with Crippen LogP contribution >= 0.6 is 0 Å². The minimum Gasteiger partial charge on any atom is -0.497 e. The molecule has 3 aromatic rings. The molecular weight excluding hydrogens is 462 g/mol. The minimum absolute atomic E-state index is 0.110. The van der Waals surface area contributed by atoms with Crippen LogP contribution in [0.25, 0.3) is 17.4 Å². The Bertz CT molecular complexity index is 1460. The van der Waals surface area contributed by atoms with Crippen LogP contribution in [0.4, 0.5) is 5.69 Å². The topological polar surface area (TPSA) is 127 Å². The zero-order valence-corrected chi connectivity index (χ0v) is 19.6. The van der Waals surface area contributed by atoms with Gasteiger partial charge in [-0.3, -0.25) is 24.6 Å². The molecule has 0 aliphatic carbocycles. The van der Waals surface area contributed by atoms with E-state index >= 15 is 0 Å². The molecule has 36 heavy (non-hydrogen) atoms. The molecule has 0 spiro atoms. The van der Waals surface area contributed by atoms with E-state index in [-0.39, 0.29) is 46.0 Å². The lowest BCUT2D eigenvalue weighted by Crippen LogP contribution is -2.43. The predicted octanol–water partition coefficient (Wildman–Crippen LogP) is 4.70. The number of methoxy groups -OCH3 is 1. The van der Waals surface area contributed by atoms with Crippen molar-refractivity contribution in [2.24, 2.45) is 0 Å². The molecule has 0 atom stereocenters. The van der Waals surface area contributed by atoms with E-state index in [2.05, 4.69) is 0 Å². The van der Waals surface area contributed by atoms with Crippen molar-refractivity contribution in [3.63, 3.8) is 0 Å². The first-order chi connectivity index (χ1) is 17.3. The third-order valence-electron chi connectivity index (χ3n) is 5.87. The number of hydrogen-bond donors (Lipinski definition) is 0. The number of hydrogen-bond acceptors (Lipinski definition) is 7. The fraction of sp³-hybridized carbons (Fsp3) is 0.148. The summed E-state index contributed by atoms with van der Waals surface area (Å²) in [6.45, 7) is 1.64. The summed E-state index contributed by atoms with van der Waals surface area (Å²) in [5.74, 6) is -0.383. The summed E-state index contributed by atoms with van der Waals surface area (Å²) < 4.78 is 10.9. The highest BCUT2D eigenvalue weighted by Gasteiger charge is 2.35. The Morgan fingerprint density at radius 1 is 1.11 bits per heavy atom. The number of carbonyl (C=O) groups excluding carboxylic acids is 2. The molecule has 0 fully saturated rings. The van der Waals surface area contributed by atoms with Gasteiger partial charge in [0.1, 0.15) is 28.9 Å². The number of carbonyl (C=O) groups is 2. The number of nitriles is 1. The fourth-order valence-corrected chi connectivity index (χ4v) is 3.93. The predicted molar refractivity (Wildman–Crippen MR) is 131 cm³/mol. The zero-order chi connectivity index (χ0) is 25.8. The van der Waals surface area contributed by atoms with Crippen molar-refractivity contribution in [2.45, 2.75) is 13.3 Å². The maximum absolute atomic E-state index is 13.3. The van der Waals surface area contributed by atoms with Gasteiger partial charge in [-0.2, -0.15) is 5.26 Å². The maximum Gasteiger partial charge on any atom is 0.284 e. The van der Waals surface area contributed by atoms with Crippen molar-refractivity contribution in [1.82, 2.24) is 4.90 Å². The lowest BCUT2D eigenvalue weighted by atomic mass is 9.94. The zero-order valence-electron chi connectivity index (χ0n) is 19.6. The van der Waals surface area contributed by atoms with E-state index in [0.29, 0.717) is 12.2 Å². The van der Waals surface area contributed by atoms with Crippen LogP contribution in [0.3, 0.4) is 0 Å². The number of benzene rings is 2. The van der Waals surface area contributed by atoms with Crippen LogP contribution < -0.4 is 4.74 Å². The number of ether oxygens (including phenoxy) is 1. The highest BCUT2D eigenvalue weighted by molar-refractivity contribution is 6.19. The molecule has 1 aliphatic rings. The molecule has 0 N–H and O–H groups in total. The summed E-state index contributed by atoms with van der Waals surface area (Å²) in [7, 11) is 1.41. The van der Waals surface area contributed by atoms with E-state index in [0.717, 1.165) is 10.5 Å². The van der Waals surface area contributed by atoms with E-state index in [1.807, 2.05) is 36.4 Å². The average Bonchev–Trinajstić information content (AvgIpc) is 3.35. The molecule has 1 aromatic heterocycles. The van der Waals surface area contributed by atoms with E-state index in [1.165, 1.54) is 32.2 Å². The van der Waals surface area contributed by atoms with Crippen LogP contribution in [-0.2, 0) is 16.0 Å². The molecule has 2 amide bonds. The van der Waals surface area contributed by atoms with Gasteiger partial charge in [0.05, 0.1) is 23.7 Å². The quantitative estimate of drug-likeness (QED) is 0.206. The number of imide groups is 1. The van der Waals surface area contributed by atoms with Crippen molar-refractivity contribution < 1.29 is 23.7 Å². The Morgan fingerprint density at radius 3 is 2.53 bits per heavy atom. The van der Waals surface area contributed by atoms with Gasteiger partial charge in [-0.05, 0) is 54.8 Å². The van der Waals surface area contributed by atoms with Crippen LogP contribution in [0.15, 0.2) is 81.8 Å². The Balaban J connectivity index is 1.68. The van der Waals surface area contributed by atoms with Crippen LogP contribution in [0.5, 0.6) is 5.75 Å². The van der Waals surface area contributed by atoms with E-state index in [4.69, 9.17) is 9.15 Å². The molecule has 0 bridgehead atoms. The first kappa shape index (κ1) is 24.2. The van der Waals surface area contributed by atoms with Gasteiger partial charge in [0, 0.05) is 12.1 Å². The van der Waals surface area contributed by atoms with Crippen LogP contribution in [0.1, 0.15) is 18.2 Å². The van der Waals surface area contributed by atoms with Crippen LogP contribution in [0, 0.1) is 21.4 Å². The van der Waals surface area contributed by atoms with E-state index in [1.54, 1.807) is 18.2 Å². The lowest BCUT2D eigenvalue weighted by Gasteiger charge is -2.27. The van der Waals surface area contributed by atoms with Crippen LogP contribution in [0.2, 0.25) is 0 Å². The largest absolute Gasteiger partial charge is 0.497 e. The molecule has 0 saturated carbocycles. The van der Waals surface area contributed by atoms with E-state index in [9.17, 15) is 25.0 Å². The molecule has 0 unspecified atom stereocenters. The van der Waals surface area contributed by atoms with Gasteiger partial charge in [0.2, 0.25) is 0 Å². The number of nitro benzene ring substituents is 1. The maximum atomic E-state index is 13.3. The van der Waals surface area contributed by atoms with Gasteiger partial charge >= 0.3 is 0 Å². The van der Waals surface area contributed by atoms with Gasteiger partial charge in [0.15, 0.2) is 0 Å². The van der Waals surface area contributed by atoms with Gasteiger partial charge in [-0.15, -0.1) is 0 Å². The summed E-state index contributed by atoms with van der Waals surface area (Å²) in [4.78, 5) is 38.2. The molecule has 2 aromatic carbocycles. The smallest absolute Gasteiger partial charge is 0.284 e. The molecular formula is C27H21N3O6. The normalized spacial score (nSPS) is 14.8. The number of furan rings is 1. The molecule has 9 nitrogen and oxygen atoms in total. The molecule has 2 heterocycles. The first-order valence-electron chi connectivity index (χ1n) is 11.0. The molecule has 0 radical (unpaired) electrons. The number of amides is 2. The fourth-order valence-electron chi connectivity index (χ4n) is 3.93. The van der Waals surface area contributed by atoms with Crippen LogP contribution in [-0.4, -0.2) is 35.3 Å². The molecule has 4 rings (SSSR count). The Kier molecular flexibility index (Phi) is 6.79. The molecule has 180 valence electrons. The SMILES string of the molecule is COc1ccc(-c2ccc(/C=C3/C(=O)N(CCc4ccccc4)C(=O)C(C#N)=C3C)o2)c([N+](=O)[O-])c1. The van der Waals surface area contributed by atoms with Gasteiger partial charge in [-0.25, -0.2) is 0 Å². The number of nitro groups is 1. The second-order valence-corrected chi connectivity index (χ2v) is 8.01. The Morgan fingerprint density at radius 2 is 1.86 bits per heavy atom. The van der Waals surface area contributed by atoms with Crippen molar-refractivity contribution in [1.29, 1.82) is 5.26 Å². The summed E-state index contributed by atoms with van der Waals surface area (Å²) >= 11 is 0. The second kappa shape index (κ2) is 10.1. The van der Waals surface area contributed by atoms with Gasteiger partial charge < -0.3 is 9.15 Å². The number of nitrogens with zero attached hydrogens (tertiary/aromatic N) is 3. The monoisotopic (exact) mass is 483 g/mol. The van der Waals surface area contributed by atoms with E-state index < -0.39 is 16.7 Å². The summed E-state index contributed by atoms with van der Waals surface area (Å²) in [5.41, 5.74) is 1.26. The van der Waals surface area contributed by atoms with Crippen molar-refractivity contribution in [3.05, 3.63) is 98.8 Å². The van der Waals surface area contributed by atoms with Crippen molar-refractivity contribution in [2.75, 3.05) is 13.7 Å². The third-order valence-corrected chi connectivity index (χ3v) is 5.87. The average molecular weight is 483 g/mol. The molecule has 1 aliphatic heterocycles. The third kappa shape index (κ3) is 4.65. The first-order valence-corrected chi connectivity index (χ1v) is 11.0. The Labute approximate surface area is 206 Å². The second-order valence-electron chi connectivity index (χ2n) is 8.01. The lowest BCUT2D eigenvalue weighted by molar-refractivity contribution is -0.384. The highest BCUT2D eigenvalue weighted by atomic mass is 16.6. The molecule has 0 saturated heterocycles. The summed E-state index contributed by atoms with van der Waals surface area (Å²) in [5, 5.41) is 21.1. The van der Waals surface area contributed by atoms with Gasteiger partial charge in [-0.1, -0.05) is 30.3 Å².